The van der Waals surface area contributed by atoms with E-state index >= 15 is 0 Å². The van der Waals surface area contributed by atoms with Crippen molar-refractivity contribution in [2.75, 3.05) is 5.32 Å². The van der Waals surface area contributed by atoms with Crippen molar-refractivity contribution in [1.29, 1.82) is 0 Å². The van der Waals surface area contributed by atoms with Gasteiger partial charge in [0, 0.05) is 21.8 Å². The average Bonchev–Trinajstić information content (AvgIpc) is 3.07. The lowest BCUT2D eigenvalue weighted by Gasteiger charge is -2.04. The molecule has 126 valence electrons. The Bertz CT molecular complexity index is 946. The molecule has 0 saturated carbocycles. The molecule has 0 saturated heterocycles. The first-order chi connectivity index (χ1) is 11.9. The van der Waals surface area contributed by atoms with E-state index in [1.54, 1.807) is 54.6 Å². The van der Waals surface area contributed by atoms with Gasteiger partial charge in [0.15, 0.2) is 11.5 Å². The number of furan rings is 1. The zero-order valence-corrected chi connectivity index (χ0v) is 14.7. The third kappa shape index (κ3) is 3.92. The average molecular weight is 374 g/mol. The van der Waals surface area contributed by atoms with E-state index in [2.05, 4.69) is 5.32 Å². The molecule has 0 spiro atoms. The summed E-state index contributed by atoms with van der Waals surface area (Å²) < 4.78 is 5.59. The van der Waals surface area contributed by atoms with Crippen LogP contribution in [0.3, 0.4) is 0 Å². The van der Waals surface area contributed by atoms with Crippen molar-refractivity contribution in [3.63, 3.8) is 0 Å². The summed E-state index contributed by atoms with van der Waals surface area (Å²) in [7, 11) is 0. The molecule has 0 bridgehead atoms. The summed E-state index contributed by atoms with van der Waals surface area (Å²) in [4.78, 5) is 23.6. The minimum Gasteiger partial charge on any atom is -0.451 e. The summed E-state index contributed by atoms with van der Waals surface area (Å²) >= 11 is 12.1. The maximum absolute atomic E-state index is 12.3. The lowest BCUT2D eigenvalue weighted by atomic mass is 10.1. The predicted octanol–water partition coefficient (Wildman–Crippen LogP) is 5.71. The molecule has 0 aliphatic carbocycles. The van der Waals surface area contributed by atoms with Gasteiger partial charge in [-0.1, -0.05) is 23.2 Å². The van der Waals surface area contributed by atoms with Crippen molar-refractivity contribution in [2.45, 2.75) is 6.92 Å². The van der Waals surface area contributed by atoms with E-state index in [-0.39, 0.29) is 11.5 Å². The van der Waals surface area contributed by atoms with Gasteiger partial charge in [0.1, 0.15) is 5.76 Å². The van der Waals surface area contributed by atoms with Gasteiger partial charge in [-0.2, -0.15) is 0 Å². The standard InChI is InChI=1S/C19H13Cl2NO3/c1-11(23)12-2-5-14(6-3-12)22-19(24)18-9-8-17(25-18)15-10-13(20)4-7-16(15)21/h2-10H,1H3,(H,22,24). The number of benzene rings is 2. The molecule has 0 aliphatic rings. The molecule has 1 N–H and O–H groups in total. The van der Waals surface area contributed by atoms with Crippen LogP contribution < -0.4 is 5.32 Å². The van der Waals surface area contributed by atoms with Gasteiger partial charge in [0.05, 0.1) is 5.02 Å². The summed E-state index contributed by atoms with van der Waals surface area (Å²) in [5.41, 5.74) is 1.75. The van der Waals surface area contributed by atoms with Crippen LogP contribution in [-0.2, 0) is 0 Å². The van der Waals surface area contributed by atoms with Gasteiger partial charge in [0.25, 0.3) is 5.91 Å². The molecule has 0 fully saturated rings. The molecular weight excluding hydrogens is 361 g/mol. The molecule has 1 heterocycles. The van der Waals surface area contributed by atoms with Gasteiger partial charge in [-0.3, -0.25) is 9.59 Å². The minimum absolute atomic E-state index is 0.0352. The Labute approximate surface area is 154 Å². The molecule has 6 heteroatoms. The minimum atomic E-state index is -0.403. The number of carbonyl (C=O) groups excluding carboxylic acids is 2. The Morgan fingerprint density at radius 2 is 1.68 bits per heavy atom. The third-order valence-corrected chi connectivity index (χ3v) is 4.14. The van der Waals surface area contributed by atoms with Crippen molar-refractivity contribution >= 4 is 40.6 Å². The van der Waals surface area contributed by atoms with Gasteiger partial charge in [-0.15, -0.1) is 0 Å². The van der Waals surface area contributed by atoms with Gasteiger partial charge in [-0.05, 0) is 61.5 Å². The van der Waals surface area contributed by atoms with Crippen LogP contribution in [0.25, 0.3) is 11.3 Å². The van der Waals surface area contributed by atoms with Crippen molar-refractivity contribution < 1.29 is 14.0 Å². The first-order valence-corrected chi connectivity index (χ1v) is 8.17. The fraction of sp³-hybridized carbons (Fsp3) is 0.0526. The zero-order valence-electron chi connectivity index (χ0n) is 13.2. The van der Waals surface area contributed by atoms with Crippen LogP contribution in [0.15, 0.2) is 59.0 Å². The highest BCUT2D eigenvalue weighted by Gasteiger charge is 2.14. The Balaban J connectivity index is 1.78. The largest absolute Gasteiger partial charge is 0.451 e. The molecule has 0 radical (unpaired) electrons. The zero-order chi connectivity index (χ0) is 18.0. The van der Waals surface area contributed by atoms with Crippen molar-refractivity contribution in [1.82, 2.24) is 0 Å². The summed E-state index contributed by atoms with van der Waals surface area (Å²) in [6, 6.07) is 14.8. The fourth-order valence-corrected chi connectivity index (χ4v) is 2.65. The number of hydrogen-bond acceptors (Lipinski definition) is 3. The Kier molecular flexibility index (Phi) is 4.93. The predicted molar refractivity (Wildman–Crippen MR) is 98.6 cm³/mol. The number of rotatable bonds is 4. The molecule has 2 aromatic carbocycles. The van der Waals surface area contributed by atoms with Gasteiger partial charge in [0.2, 0.25) is 0 Å². The molecule has 0 atom stereocenters. The second kappa shape index (κ2) is 7.13. The first kappa shape index (κ1) is 17.3. The van der Waals surface area contributed by atoms with Crippen molar-refractivity contribution in [2.24, 2.45) is 0 Å². The van der Waals surface area contributed by atoms with Crippen molar-refractivity contribution in [3.8, 4) is 11.3 Å². The van der Waals surface area contributed by atoms with Crippen LogP contribution in [0.4, 0.5) is 5.69 Å². The van der Waals surface area contributed by atoms with Crippen LogP contribution in [0.5, 0.6) is 0 Å². The number of hydrogen-bond donors (Lipinski definition) is 1. The van der Waals surface area contributed by atoms with E-state index in [9.17, 15) is 9.59 Å². The first-order valence-electron chi connectivity index (χ1n) is 7.41. The maximum Gasteiger partial charge on any atom is 0.291 e. The van der Waals surface area contributed by atoms with E-state index in [1.165, 1.54) is 6.92 Å². The van der Waals surface area contributed by atoms with Crippen LogP contribution in [0.1, 0.15) is 27.8 Å². The normalized spacial score (nSPS) is 10.5. The Hall–Kier alpha value is -2.56. The second-order valence-electron chi connectivity index (χ2n) is 5.38. The highest BCUT2D eigenvalue weighted by molar-refractivity contribution is 6.35. The smallest absolute Gasteiger partial charge is 0.291 e. The molecule has 0 unspecified atom stereocenters. The van der Waals surface area contributed by atoms with Crippen molar-refractivity contribution in [3.05, 3.63) is 76.0 Å². The maximum atomic E-state index is 12.3. The molecule has 0 aliphatic heterocycles. The van der Waals surface area contributed by atoms with Gasteiger partial charge < -0.3 is 9.73 Å². The number of anilines is 1. The molecule has 1 aromatic heterocycles. The summed E-state index contributed by atoms with van der Waals surface area (Å²) in [5, 5.41) is 3.71. The summed E-state index contributed by atoms with van der Waals surface area (Å²) in [5.74, 6) is 0.151. The van der Waals surface area contributed by atoms with E-state index in [1.807, 2.05) is 0 Å². The topological polar surface area (TPSA) is 59.3 Å². The van der Waals surface area contributed by atoms with Crippen LogP contribution in [0.2, 0.25) is 10.0 Å². The molecule has 4 nitrogen and oxygen atoms in total. The molecule has 1 amide bonds. The molecule has 3 rings (SSSR count). The number of nitrogens with one attached hydrogen (secondary N) is 1. The Morgan fingerprint density at radius 3 is 2.36 bits per heavy atom. The van der Waals surface area contributed by atoms with Crippen LogP contribution >= 0.6 is 23.2 Å². The summed E-state index contributed by atoms with van der Waals surface area (Å²) in [6.07, 6.45) is 0. The molecular formula is C19H13Cl2NO3. The van der Waals surface area contributed by atoms with E-state index in [4.69, 9.17) is 27.6 Å². The fourth-order valence-electron chi connectivity index (χ4n) is 2.27. The van der Waals surface area contributed by atoms with E-state index in [0.29, 0.717) is 32.6 Å². The number of amides is 1. The molecule has 25 heavy (non-hydrogen) atoms. The monoisotopic (exact) mass is 373 g/mol. The number of halogens is 2. The van der Waals surface area contributed by atoms with Gasteiger partial charge in [-0.25, -0.2) is 0 Å². The number of ketones is 1. The second-order valence-corrected chi connectivity index (χ2v) is 6.22. The lowest BCUT2D eigenvalue weighted by molar-refractivity contribution is 0.0995. The highest BCUT2D eigenvalue weighted by atomic mass is 35.5. The summed E-state index contributed by atoms with van der Waals surface area (Å²) in [6.45, 7) is 1.49. The number of Topliss-reactive ketones (excluding diaryl/α,β-unsaturated/α-hetero) is 1. The third-order valence-electron chi connectivity index (χ3n) is 3.57. The van der Waals surface area contributed by atoms with E-state index in [0.717, 1.165) is 0 Å². The van der Waals surface area contributed by atoms with Gasteiger partial charge >= 0.3 is 0 Å². The van der Waals surface area contributed by atoms with E-state index < -0.39 is 5.91 Å². The van der Waals surface area contributed by atoms with Crippen LogP contribution in [-0.4, -0.2) is 11.7 Å². The SMILES string of the molecule is CC(=O)c1ccc(NC(=O)c2ccc(-c3cc(Cl)ccc3Cl)o2)cc1. The molecule has 3 aromatic rings. The van der Waals surface area contributed by atoms with Crippen LogP contribution in [0, 0.1) is 0 Å². The number of carbonyl (C=O) groups is 2. The highest BCUT2D eigenvalue weighted by Crippen LogP contribution is 2.32. The Morgan fingerprint density at radius 1 is 0.960 bits per heavy atom. The quantitative estimate of drug-likeness (QED) is 0.595. The lowest BCUT2D eigenvalue weighted by Crippen LogP contribution is -2.10.